The lowest BCUT2D eigenvalue weighted by molar-refractivity contribution is 0.565. The molecule has 8 heteroatoms. The van der Waals surface area contributed by atoms with Crippen molar-refractivity contribution >= 4 is 15.9 Å². The number of hydrogen-bond donors (Lipinski definition) is 1. The average Bonchev–Trinajstić information content (AvgIpc) is 2.65. The summed E-state index contributed by atoms with van der Waals surface area (Å²) in [5.74, 6) is -0.971. The summed E-state index contributed by atoms with van der Waals surface area (Å²) < 4.78 is 28.1. The molecule has 0 aliphatic carbocycles. The van der Waals surface area contributed by atoms with Crippen molar-refractivity contribution in [2.45, 2.75) is 6.54 Å². The third-order valence-corrected chi connectivity index (χ3v) is 2.67. The van der Waals surface area contributed by atoms with Crippen molar-refractivity contribution < 1.29 is 8.78 Å². The van der Waals surface area contributed by atoms with E-state index in [-0.39, 0.29) is 10.2 Å². The summed E-state index contributed by atoms with van der Waals surface area (Å²) in [5.41, 5.74) is 0.0849. The topological polar surface area (TPSA) is 55.6 Å². The Labute approximate surface area is 104 Å². The number of tetrazole rings is 1. The summed E-state index contributed by atoms with van der Waals surface area (Å²) >= 11 is 3.09. The van der Waals surface area contributed by atoms with Crippen LogP contribution in [-0.2, 0) is 6.54 Å². The fourth-order valence-corrected chi connectivity index (χ4v) is 1.96. The van der Waals surface area contributed by atoms with Gasteiger partial charge in [-0.15, -0.1) is 5.10 Å². The van der Waals surface area contributed by atoms with Gasteiger partial charge in [-0.1, -0.05) is 0 Å². The molecule has 90 valence electrons. The molecule has 0 fully saturated rings. The van der Waals surface area contributed by atoms with Gasteiger partial charge in [0.25, 0.3) is 0 Å². The largest absolute Gasteiger partial charge is 0.313 e. The Bertz CT molecular complexity index is 519. The molecular formula is C9H8BrF2N5. The van der Waals surface area contributed by atoms with Crippen LogP contribution in [-0.4, -0.2) is 27.3 Å². The third-order valence-electron chi connectivity index (χ3n) is 2.06. The van der Waals surface area contributed by atoms with E-state index in [1.165, 1.54) is 4.68 Å². The van der Waals surface area contributed by atoms with Crippen LogP contribution in [0.4, 0.5) is 8.78 Å². The summed E-state index contributed by atoms with van der Waals surface area (Å²) in [6, 6.07) is 1.94. The molecule has 1 aromatic carbocycles. The number of rotatable bonds is 3. The first-order valence-electron chi connectivity index (χ1n) is 4.70. The van der Waals surface area contributed by atoms with Gasteiger partial charge in [0, 0.05) is 10.5 Å². The molecule has 0 saturated heterocycles. The molecule has 17 heavy (non-hydrogen) atoms. The van der Waals surface area contributed by atoms with E-state index in [4.69, 9.17) is 0 Å². The number of hydrogen-bond acceptors (Lipinski definition) is 4. The van der Waals surface area contributed by atoms with E-state index in [2.05, 4.69) is 36.8 Å². The Morgan fingerprint density at radius 2 is 2.18 bits per heavy atom. The second-order valence-electron chi connectivity index (χ2n) is 3.26. The standard InChI is InChI=1S/C9H8BrF2N5/c1-13-4-8-14-15-16-17(8)9-6(10)2-5(11)3-7(9)12/h2-3,13H,4H2,1H3. The van der Waals surface area contributed by atoms with Gasteiger partial charge >= 0.3 is 0 Å². The molecule has 1 N–H and O–H groups in total. The molecule has 1 heterocycles. The predicted molar refractivity (Wildman–Crippen MR) is 59.5 cm³/mol. The van der Waals surface area contributed by atoms with Crippen LogP contribution in [0, 0.1) is 11.6 Å². The van der Waals surface area contributed by atoms with Crippen molar-refractivity contribution in [1.29, 1.82) is 0 Å². The summed E-state index contributed by atoms with van der Waals surface area (Å²) in [6.45, 7) is 0.371. The molecule has 0 saturated carbocycles. The first-order chi connectivity index (χ1) is 8.13. The third kappa shape index (κ3) is 2.32. The molecule has 1 aromatic heterocycles. The first kappa shape index (κ1) is 12.1. The van der Waals surface area contributed by atoms with Crippen molar-refractivity contribution in [2.75, 3.05) is 7.05 Å². The highest BCUT2D eigenvalue weighted by molar-refractivity contribution is 9.10. The fourth-order valence-electron chi connectivity index (χ4n) is 1.38. The SMILES string of the molecule is CNCc1nnnn1-c1c(F)cc(F)cc1Br. The van der Waals surface area contributed by atoms with Crippen molar-refractivity contribution in [3.05, 3.63) is 34.1 Å². The van der Waals surface area contributed by atoms with Crippen molar-refractivity contribution in [3.63, 3.8) is 0 Å². The van der Waals surface area contributed by atoms with E-state index >= 15 is 0 Å². The van der Waals surface area contributed by atoms with E-state index in [1.807, 2.05) is 0 Å². The zero-order valence-corrected chi connectivity index (χ0v) is 10.4. The van der Waals surface area contributed by atoms with Gasteiger partial charge in [0.05, 0.1) is 6.54 Å². The summed E-state index contributed by atoms with van der Waals surface area (Å²) in [4.78, 5) is 0. The number of benzene rings is 1. The van der Waals surface area contributed by atoms with E-state index in [0.717, 1.165) is 12.1 Å². The molecule has 0 amide bonds. The summed E-state index contributed by atoms with van der Waals surface area (Å²) in [5, 5.41) is 13.7. The average molecular weight is 304 g/mol. The van der Waals surface area contributed by atoms with Gasteiger partial charge in [-0.2, -0.15) is 4.68 Å². The van der Waals surface area contributed by atoms with E-state index in [9.17, 15) is 8.78 Å². The molecule has 0 radical (unpaired) electrons. The van der Waals surface area contributed by atoms with Gasteiger partial charge in [-0.3, -0.25) is 0 Å². The van der Waals surface area contributed by atoms with Crippen molar-refractivity contribution in [3.8, 4) is 5.69 Å². The maximum atomic E-state index is 13.7. The Morgan fingerprint density at radius 1 is 1.41 bits per heavy atom. The van der Waals surface area contributed by atoms with Crippen LogP contribution in [0.25, 0.3) is 5.69 Å². The quantitative estimate of drug-likeness (QED) is 0.932. The monoisotopic (exact) mass is 303 g/mol. The fraction of sp³-hybridized carbons (Fsp3) is 0.222. The molecule has 0 bridgehead atoms. The molecule has 0 aliphatic rings. The summed E-state index contributed by atoms with van der Waals surface area (Å²) in [7, 11) is 1.72. The minimum atomic E-state index is -0.735. The van der Waals surface area contributed by atoms with Crippen LogP contribution in [0.2, 0.25) is 0 Å². The van der Waals surface area contributed by atoms with Gasteiger partial charge in [0.15, 0.2) is 11.6 Å². The number of nitrogens with zero attached hydrogens (tertiary/aromatic N) is 4. The van der Waals surface area contributed by atoms with Gasteiger partial charge in [-0.05, 0) is 39.5 Å². The molecular weight excluding hydrogens is 296 g/mol. The molecule has 0 atom stereocenters. The maximum Gasteiger partial charge on any atom is 0.170 e. The highest BCUT2D eigenvalue weighted by Gasteiger charge is 2.16. The predicted octanol–water partition coefficient (Wildman–Crippen LogP) is 1.42. The van der Waals surface area contributed by atoms with Crippen LogP contribution in [0.15, 0.2) is 16.6 Å². The second kappa shape index (κ2) is 4.84. The highest BCUT2D eigenvalue weighted by atomic mass is 79.9. The van der Waals surface area contributed by atoms with Crippen LogP contribution in [0.5, 0.6) is 0 Å². The summed E-state index contributed by atoms with van der Waals surface area (Å²) in [6.07, 6.45) is 0. The Balaban J connectivity index is 2.56. The number of halogens is 3. The first-order valence-corrected chi connectivity index (χ1v) is 5.49. The molecule has 2 aromatic rings. The van der Waals surface area contributed by atoms with E-state index in [0.29, 0.717) is 12.4 Å². The van der Waals surface area contributed by atoms with E-state index < -0.39 is 11.6 Å². The van der Waals surface area contributed by atoms with Crippen molar-refractivity contribution in [1.82, 2.24) is 25.5 Å². The minimum absolute atomic E-state index is 0.0849. The lowest BCUT2D eigenvalue weighted by Crippen LogP contribution is -2.13. The molecule has 0 aliphatic heterocycles. The van der Waals surface area contributed by atoms with Gasteiger partial charge in [0.1, 0.15) is 11.5 Å². The van der Waals surface area contributed by atoms with Crippen LogP contribution >= 0.6 is 15.9 Å². The zero-order valence-electron chi connectivity index (χ0n) is 8.78. The lowest BCUT2D eigenvalue weighted by Gasteiger charge is -2.07. The Kier molecular flexibility index (Phi) is 3.43. The van der Waals surface area contributed by atoms with Gasteiger partial charge in [-0.25, -0.2) is 8.78 Å². The lowest BCUT2D eigenvalue weighted by atomic mass is 10.3. The molecule has 5 nitrogen and oxygen atoms in total. The number of aromatic nitrogens is 4. The minimum Gasteiger partial charge on any atom is -0.313 e. The second-order valence-corrected chi connectivity index (χ2v) is 4.11. The normalized spacial score (nSPS) is 10.8. The smallest absolute Gasteiger partial charge is 0.170 e. The van der Waals surface area contributed by atoms with Crippen LogP contribution < -0.4 is 5.32 Å². The van der Waals surface area contributed by atoms with Gasteiger partial charge < -0.3 is 5.32 Å². The van der Waals surface area contributed by atoms with E-state index in [1.54, 1.807) is 7.05 Å². The van der Waals surface area contributed by atoms with Crippen LogP contribution in [0.3, 0.4) is 0 Å². The molecule has 2 rings (SSSR count). The zero-order chi connectivity index (χ0) is 12.4. The molecule has 0 spiro atoms. The van der Waals surface area contributed by atoms with Crippen LogP contribution in [0.1, 0.15) is 5.82 Å². The number of nitrogens with one attached hydrogen (secondary N) is 1. The molecule has 0 unspecified atom stereocenters. The Hall–Kier alpha value is -1.41. The highest BCUT2D eigenvalue weighted by Crippen LogP contribution is 2.25. The maximum absolute atomic E-state index is 13.7. The van der Waals surface area contributed by atoms with Gasteiger partial charge in [0.2, 0.25) is 0 Å². The Morgan fingerprint density at radius 3 is 2.82 bits per heavy atom. The van der Waals surface area contributed by atoms with Crippen molar-refractivity contribution in [2.24, 2.45) is 0 Å².